The third-order valence-corrected chi connectivity index (χ3v) is 10.1. The second-order valence-corrected chi connectivity index (χ2v) is 13.2. The maximum Gasteiger partial charge on any atom is 0.335 e. The van der Waals surface area contributed by atoms with E-state index in [1.807, 2.05) is 91.0 Å². The molecule has 4 aromatic carbocycles. The number of nitrogens with one attached hydrogen (secondary N) is 1. The molecule has 232 valence electrons. The molecule has 1 saturated heterocycles. The summed E-state index contributed by atoms with van der Waals surface area (Å²) in [5.41, 5.74) is 1.20. The zero-order valence-corrected chi connectivity index (χ0v) is 25.9. The second kappa shape index (κ2) is 12.4. The number of carbonyl (C=O) groups excluding carboxylic acids is 1. The van der Waals surface area contributed by atoms with E-state index in [9.17, 15) is 17.6 Å². The molecule has 1 aliphatic carbocycles. The predicted octanol–water partition coefficient (Wildman–Crippen LogP) is 7.30. The Morgan fingerprint density at radius 1 is 0.956 bits per heavy atom. The Kier molecular flexibility index (Phi) is 8.54. The van der Waals surface area contributed by atoms with Gasteiger partial charge in [0.1, 0.15) is 17.2 Å². The summed E-state index contributed by atoms with van der Waals surface area (Å²) < 4.78 is 63.0. The normalized spacial score (nSPS) is 22.5. The van der Waals surface area contributed by atoms with E-state index >= 15 is 0 Å². The molecule has 1 N–H and O–H groups in total. The van der Waals surface area contributed by atoms with E-state index < -0.39 is 44.6 Å². The van der Waals surface area contributed by atoms with E-state index in [1.54, 1.807) is 6.92 Å². The Balaban J connectivity index is 1.49. The molecule has 0 saturated carbocycles. The van der Waals surface area contributed by atoms with Crippen LogP contribution in [0, 0.1) is 5.82 Å². The standard InChI is InChI=1S/C35H31ClFNO6S/c1-2-42-33(39)28-23-34(21-20-31(28)45(40,41)38-30-19-18-27(37)22-29(30)36)43-32(24-12-6-3-7-13-24)35(44-34,25-14-8-4-9-15-25)26-16-10-5-11-17-26/h3-19,22-23,31-32,38H,2,20-21H2,1H3/t31?,32-,34?/m1/s1. The summed E-state index contributed by atoms with van der Waals surface area (Å²) >= 11 is 6.13. The number of anilines is 1. The summed E-state index contributed by atoms with van der Waals surface area (Å²) in [5.74, 6) is -2.91. The van der Waals surface area contributed by atoms with Crippen molar-refractivity contribution in [2.45, 2.75) is 42.5 Å². The van der Waals surface area contributed by atoms with Gasteiger partial charge in [0, 0.05) is 6.42 Å². The van der Waals surface area contributed by atoms with Crippen molar-refractivity contribution < 1.29 is 31.8 Å². The van der Waals surface area contributed by atoms with Gasteiger partial charge in [-0.05, 0) is 54.3 Å². The van der Waals surface area contributed by atoms with Crippen molar-refractivity contribution in [2.24, 2.45) is 0 Å². The first-order valence-electron chi connectivity index (χ1n) is 14.6. The fourth-order valence-corrected chi connectivity index (χ4v) is 7.93. The van der Waals surface area contributed by atoms with Crippen LogP contribution in [0.4, 0.5) is 10.1 Å². The van der Waals surface area contributed by atoms with Crippen molar-refractivity contribution >= 4 is 33.3 Å². The average Bonchev–Trinajstić information content (AvgIpc) is 3.39. The minimum atomic E-state index is -4.27. The molecule has 1 spiro atoms. The van der Waals surface area contributed by atoms with Gasteiger partial charge in [0.15, 0.2) is 11.4 Å². The molecule has 0 amide bonds. The van der Waals surface area contributed by atoms with Crippen molar-refractivity contribution in [3.63, 3.8) is 0 Å². The molecule has 1 fully saturated rings. The predicted molar refractivity (Wildman–Crippen MR) is 169 cm³/mol. The lowest BCUT2D eigenvalue weighted by Crippen LogP contribution is -2.43. The topological polar surface area (TPSA) is 90.9 Å². The first-order valence-corrected chi connectivity index (χ1v) is 16.5. The van der Waals surface area contributed by atoms with Gasteiger partial charge in [0.05, 0.1) is 22.9 Å². The van der Waals surface area contributed by atoms with Gasteiger partial charge in [0.25, 0.3) is 0 Å². The van der Waals surface area contributed by atoms with Crippen LogP contribution in [0.3, 0.4) is 0 Å². The summed E-state index contributed by atoms with van der Waals surface area (Å²) in [6, 6.07) is 32.4. The largest absolute Gasteiger partial charge is 0.463 e. The fourth-order valence-electron chi connectivity index (χ4n) is 6.11. The van der Waals surface area contributed by atoms with E-state index in [0.29, 0.717) is 0 Å². The van der Waals surface area contributed by atoms with E-state index in [1.165, 1.54) is 12.1 Å². The fraction of sp³-hybridized carbons (Fsp3) is 0.229. The molecular formula is C35H31ClFNO6S. The Labute approximate surface area is 266 Å². The first-order chi connectivity index (χ1) is 21.7. The molecule has 4 aromatic rings. The third kappa shape index (κ3) is 5.89. The van der Waals surface area contributed by atoms with Gasteiger partial charge in [-0.1, -0.05) is 103 Å². The number of hydrogen-bond donors (Lipinski definition) is 1. The summed E-state index contributed by atoms with van der Waals surface area (Å²) in [5, 5.41) is -1.44. The molecule has 3 atom stereocenters. The summed E-state index contributed by atoms with van der Waals surface area (Å²) in [6.45, 7) is 1.67. The van der Waals surface area contributed by atoms with Gasteiger partial charge < -0.3 is 14.2 Å². The van der Waals surface area contributed by atoms with Gasteiger partial charge in [-0.25, -0.2) is 17.6 Å². The molecule has 0 aromatic heterocycles. The van der Waals surface area contributed by atoms with Crippen LogP contribution >= 0.6 is 11.6 Å². The highest BCUT2D eigenvalue weighted by atomic mass is 35.5. The van der Waals surface area contributed by atoms with Gasteiger partial charge in [0.2, 0.25) is 10.0 Å². The van der Waals surface area contributed by atoms with Crippen LogP contribution < -0.4 is 4.72 Å². The number of halogens is 2. The number of esters is 1. The molecule has 0 radical (unpaired) electrons. The quantitative estimate of drug-likeness (QED) is 0.202. The maximum absolute atomic E-state index is 13.8. The average molecular weight is 648 g/mol. The van der Waals surface area contributed by atoms with Crippen LogP contribution in [0.15, 0.2) is 121 Å². The Hall–Kier alpha value is -4.02. The highest BCUT2D eigenvalue weighted by Crippen LogP contribution is 2.58. The Morgan fingerprint density at radius 3 is 2.13 bits per heavy atom. The maximum atomic E-state index is 13.8. The first kappa shape index (κ1) is 31.0. The molecule has 45 heavy (non-hydrogen) atoms. The lowest BCUT2D eigenvalue weighted by Gasteiger charge is -2.37. The Bertz CT molecular complexity index is 1780. The number of hydrogen-bond acceptors (Lipinski definition) is 6. The van der Waals surface area contributed by atoms with Crippen LogP contribution in [-0.2, 0) is 34.6 Å². The monoisotopic (exact) mass is 647 g/mol. The zero-order valence-electron chi connectivity index (χ0n) is 24.4. The SMILES string of the molecule is CCOC(=O)C1=CC2(CCC1S(=O)(=O)Nc1ccc(F)cc1Cl)O[C@H](c1ccccc1)C(c1ccccc1)(c1ccccc1)O2. The molecule has 0 bridgehead atoms. The van der Waals surface area contributed by atoms with Crippen LogP contribution in [0.5, 0.6) is 0 Å². The third-order valence-electron chi connectivity index (χ3n) is 8.07. The summed E-state index contributed by atoms with van der Waals surface area (Å²) in [4.78, 5) is 13.4. The smallest absolute Gasteiger partial charge is 0.335 e. The van der Waals surface area contributed by atoms with E-state index in [-0.39, 0.29) is 35.7 Å². The van der Waals surface area contributed by atoms with Crippen molar-refractivity contribution in [3.05, 3.63) is 148 Å². The second-order valence-electron chi connectivity index (χ2n) is 10.9. The number of sulfonamides is 1. The number of ether oxygens (including phenoxy) is 3. The molecule has 2 aliphatic rings. The van der Waals surface area contributed by atoms with Crippen LogP contribution in [0.2, 0.25) is 5.02 Å². The van der Waals surface area contributed by atoms with Crippen molar-refractivity contribution in [1.29, 1.82) is 0 Å². The lowest BCUT2D eigenvalue weighted by molar-refractivity contribution is -0.160. The van der Waals surface area contributed by atoms with E-state index in [4.69, 9.17) is 25.8 Å². The minimum absolute atomic E-state index is 0.00811. The van der Waals surface area contributed by atoms with E-state index in [0.717, 1.165) is 28.8 Å². The van der Waals surface area contributed by atoms with Crippen LogP contribution in [0.1, 0.15) is 42.6 Å². The molecule has 2 unspecified atom stereocenters. The summed E-state index contributed by atoms with van der Waals surface area (Å²) in [6.07, 6.45) is 0.838. The Morgan fingerprint density at radius 2 is 1.56 bits per heavy atom. The van der Waals surface area contributed by atoms with Gasteiger partial charge in [-0.3, -0.25) is 4.72 Å². The minimum Gasteiger partial charge on any atom is -0.463 e. The van der Waals surface area contributed by atoms with Gasteiger partial charge in [-0.15, -0.1) is 0 Å². The van der Waals surface area contributed by atoms with Crippen LogP contribution in [-0.4, -0.2) is 32.0 Å². The van der Waals surface area contributed by atoms with Gasteiger partial charge >= 0.3 is 5.97 Å². The highest BCUT2D eigenvalue weighted by Gasteiger charge is 2.60. The zero-order chi connectivity index (χ0) is 31.7. The number of carbonyl (C=O) groups is 1. The lowest BCUT2D eigenvalue weighted by atomic mass is 9.79. The summed E-state index contributed by atoms with van der Waals surface area (Å²) in [7, 11) is -4.27. The van der Waals surface area contributed by atoms with Crippen molar-refractivity contribution in [2.75, 3.05) is 11.3 Å². The number of benzene rings is 4. The molecule has 7 nitrogen and oxygen atoms in total. The van der Waals surface area contributed by atoms with Crippen molar-refractivity contribution in [1.82, 2.24) is 0 Å². The van der Waals surface area contributed by atoms with Gasteiger partial charge in [-0.2, -0.15) is 0 Å². The van der Waals surface area contributed by atoms with Crippen LogP contribution in [0.25, 0.3) is 0 Å². The number of rotatable bonds is 8. The van der Waals surface area contributed by atoms with E-state index in [2.05, 4.69) is 4.72 Å². The molecule has 10 heteroatoms. The molecule has 1 heterocycles. The molecular weight excluding hydrogens is 617 g/mol. The van der Waals surface area contributed by atoms with Crippen molar-refractivity contribution in [3.8, 4) is 0 Å². The molecule has 1 aliphatic heterocycles. The molecule has 6 rings (SSSR count). The highest BCUT2D eigenvalue weighted by molar-refractivity contribution is 7.93.